The van der Waals surface area contributed by atoms with Gasteiger partial charge in [-0.3, -0.25) is 0 Å². The molecule has 2 aliphatic carbocycles. The number of aliphatic hydroxyl groups is 5. The molecular formula is C20H20O8. The number of benzene rings is 2. The number of aliphatic hydroxyl groups excluding tert-OH is 5. The number of ether oxygens (including phenoxy) is 3. The van der Waals surface area contributed by atoms with E-state index in [0.29, 0.717) is 16.9 Å². The molecule has 1 spiro atoms. The summed E-state index contributed by atoms with van der Waals surface area (Å²) in [5.74, 6) is -1.24. The summed E-state index contributed by atoms with van der Waals surface area (Å²) in [5.41, 5.74) is -3.42. The maximum absolute atomic E-state index is 11.0. The van der Waals surface area contributed by atoms with Crippen molar-refractivity contribution in [2.24, 2.45) is 0 Å². The van der Waals surface area contributed by atoms with Crippen LogP contribution in [0.3, 0.4) is 0 Å². The Hall–Kier alpha value is -1.94. The lowest BCUT2D eigenvalue weighted by Gasteiger charge is -2.53. The van der Waals surface area contributed by atoms with Crippen LogP contribution in [-0.4, -0.2) is 73.0 Å². The minimum absolute atomic E-state index is 0.165. The molecule has 2 aliphatic heterocycles. The average molecular weight is 388 g/mol. The van der Waals surface area contributed by atoms with Gasteiger partial charge >= 0.3 is 5.79 Å². The molecule has 4 aliphatic rings. The molecule has 6 rings (SSSR count). The van der Waals surface area contributed by atoms with Crippen molar-refractivity contribution in [3.8, 4) is 11.5 Å². The SMILES string of the molecule is O[C@@H]1[C@@H](O)C2(Oc3cccc4cccc(c34)O2)[C@@]23OC2([C@@H](O)CC[C@H]3O)[C@H]1O. The standard InChI is InChI=1S/C20H20O8/c21-12-7-8-13(22)19-18(12,28-19)16(24)15(23)17(25)20(19)26-10-5-1-3-9-4-2-6-11(27-20)14(9)10/h1-6,12-13,15-17,21-25H,7-8H2/t12-,13+,15-,16-,17+,18?,19-/m0/s1. The van der Waals surface area contributed by atoms with Crippen molar-refractivity contribution in [3.05, 3.63) is 36.4 Å². The van der Waals surface area contributed by atoms with Gasteiger partial charge in [0.25, 0.3) is 0 Å². The summed E-state index contributed by atoms with van der Waals surface area (Å²) in [4.78, 5) is 0. The molecule has 0 amide bonds. The van der Waals surface area contributed by atoms with E-state index in [9.17, 15) is 25.5 Å². The van der Waals surface area contributed by atoms with Crippen LogP contribution in [-0.2, 0) is 4.74 Å². The van der Waals surface area contributed by atoms with Crippen molar-refractivity contribution in [3.63, 3.8) is 0 Å². The van der Waals surface area contributed by atoms with Crippen LogP contribution in [0.4, 0.5) is 0 Å². The van der Waals surface area contributed by atoms with E-state index in [1.165, 1.54) is 0 Å². The van der Waals surface area contributed by atoms with Gasteiger partial charge < -0.3 is 39.7 Å². The molecule has 5 N–H and O–H groups in total. The Bertz CT molecular complexity index is 953. The summed E-state index contributed by atoms with van der Waals surface area (Å²) < 4.78 is 18.2. The van der Waals surface area contributed by atoms with Gasteiger partial charge in [0.1, 0.15) is 23.7 Å². The summed E-state index contributed by atoms with van der Waals surface area (Å²) in [7, 11) is 0. The molecule has 28 heavy (non-hydrogen) atoms. The van der Waals surface area contributed by atoms with Gasteiger partial charge in [0.2, 0.25) is 5.60 Å². The maximum Gasteiger partial charge on any atom is 0.315 e. The molecule has 3 fully saturated rings. The van der Waals surface area contributed by atoms with Crippen molar-refractivity contribution < 1.29 is 39.7 Å². The first-order valence-corrected chi connectivity index (χ1v) is 9.39. The predicted molar refractivity (Wildman–Crippen MR) is 93.8 cm³/mol. The van der Waals surface area contributed by atoms with Gasteiger partial charge in [0, 0.05) is 0 Å². The lowest BCUT2D eigenvalue weighted by atomic mass is 9.61. The molecule has 148 valence electrons. The number of epoxide rings is 1. The number of rotatable bonds is 0. The predicted octanol–water partition coefficient (Wildman–Crippen LogP) is -0.573. The molecule has 1 unspecified atom stereocenters. The van der Waals surface area contributed by atoms with E-state index in [1.807, 2.05) is 12.1 Å². The highest BCUT2D eigenvalue weighted by molar-refractivity contribution is 5.94. The Labute approximate surface area is 159 Å². The van der Waals surface area contributed by atoms with E-state index < -0.39 is 47.5 Å². The quantitative estimate of drug-likeness (QED) is 0.379. The van der Waals surface area contributed by atoms with Gasteiger partial charge in [-0.15, -0.1) is 0 Å². The molecular weight excluding hydrogens is 368 g/mol. The van der Waals surface area contributed by atoms with E-state index >= 15 is 0 Å². The Kier molecular flexibility index (Phi) is 3.01. The van der Waals surface area contributed by atoms with Crippen molar-refractivity contribution in [1.82, 2.24) is 0 Å². The molecule has 7 atom stereocenters. The average Bonchev–Trinajstić information content (AvgIpc) is 3.44. The largest absolute Gasteiger partial charge is 0.446 e. The van der Waals surface area contributed by atoms with Gasteiger partial charge in [0.05, 0.1) is 17.6 Å². The number of hydrogen-bond acceptors (Lipinski definition) is 8. The molecule has 2 aromatic carbocycles. The molecule has 1 saturated heterocycles. The Morgan fingerprint density at radius 2 is 1.39 bits per heavy atom. The summed E-state index contributed by atoms with van der Waals surface area (Å²) >= 11 is 0. The maximum atomic E-state index is 11.0. The van der Waals surface area contributed by atoms with Crippen LogP contribution in [0.2, 0.25) is 0 Å². The van der Waals surface area contributed by atoms with E-state index in [4.69, 9.17) is 14.2 Å². The topological polar surface area (TPSA) is 132 Å². The van der Waals surface area contributed by atoms with Crippen molar-refractivity contribution >= 4 is 10.8 Å². The van der Waals surface area contributed by atoms with Crippen molar-refractivity contribution in [1.29, 1.82) is 0 Å². The van der Waals surface area contributed by atoms with Gasteiger partial charge in [0.15, 0.2) is 11.7 Å². The Morgan fingerprint density at radius 1 is 0.786 bits per heavy atom. The zero-order valence-electron chi connectivity index (χ0n) is 14.7. The second-order valence-electron chi connectivity index (χ2n) is 8.10. The summed E-state index contributed by atoms with van der Waals surface area (Å²) in [6.07, 6.45) is -7.06. The fourth-order valence-corrected chi connectivity index (χ4v) is 5.61. The molecule has 8 nitrogen and oxygen atoms in total. The molecule has 2 heterocycles. The fraction of sp³-hybridized carbons (Fsp3) is 0.500. The minimum atomic E-state index is -2.03. The summed E-state index contributed by atoms with van der Waals surface area (Å²) in [6, 6.07) is 10.7. The van der Waals surface area contributed by atoms with Crippen LogP contribution in [0.25, 0.3) is 10.8 Å². The van der Waals surface area contributed by atoms with E-state index in [-0.39, 0.29) is 12.8 Å². The molecule has 2 saturated carbocycles. The molecule has 2 aromatic rings. The highest BCUT2D eigenvalue weighted by Crippen LogP contribution is 2.70. The van der Waals surface area contributed by atoms with Gasteiger partial charge in [-0.1, -0.05) is 24.3 Å². The second-order valence-corrected chi connectivity index (χ2v) is 8.10. The molecule has 0 radical (unpaired) electrons. The molecule has 8 heteroatoms. The first-order chi connectivity index (χ1) is 13.4. The normalized spacial score (nSPS) is 45.0. The van der Waals surface area contributed by atoms with Crippen molar-refractivity contribution in [2.75, 3.05) is 0 Å². The van der Waals surface area contributed by atoms with Gasteiger partial charge in [-0.25, -0.2) is 0 Å². The van der Waals surface area contributed by atoms with Crippen LogP contribution in [0.15, 0.2) is 36.4 Å². The Morgan fingerprint density at radius 3 is 2.04 bits per heavy atom. The monoisotopic (exact) mass is 388 g/mol. The van der Waals surface area contributed by atoms with Gasteiger partial charge in [-0.2, -0.15) is 0 Å². The van der Waals surface area contributed by atoms with Crippen LogP contribution < -0.4 is 9.47 Å². The third-order valence-corrected chi connectivity index (χ3v) is 6.89. The molecule has 0 aromatic heterocycles. The zero-order valence-corrected chi connectivity index (χ0v) is 14.7. The summed E-state index contributed by atoms with van der Waals surface area (Å²) in [6.45, 7) is 0. The van der Waals surface area contributed by atoms with E-state index in [1.54, 1.807) is 24.3 Å². The first kappa shape index (κ1) is 17.0. The smallest absolute Gasteiger partial charge is 0.315 e. The third kappa shape index (κ3) is 1.54. The fourth-order valence-electron chi connectivity index (χ4n) is 5.61. The zero-order chi connectivity index (χ0) is 19.5. The van der Waals surface area contributed by atoms with Crippen LogP contribution >= 0.6 is 0 Å². The van der Waals surface area contributed by atoms with Gasteiger partial charge in [-0.05, 0) is 30.4 Å². The van der Waals surface area contributed by atoms with E-state index in [0.717, 1.165) is 5.39 Å². The highest BCUT2D eigenvalue weighted by Gasteiger charge is 2.95. The van der Waals surface area contributed by atoms with Crippen LogP contribution in [0.1, 0.15) is 12.8 Å². The minimum Gasteiger partial charge on any atom is -0.446 e. The van der Waals surface area contributed by atoms with Crippen LogP contribution in [0, 0.1) is 0 Å². The second kappa shape index (κ2) is 4.96. The lowest BCUT2D eigenvalue weighted by molar-refractivity contribution is -0.296. The lowest BCUT2D eigenvalue weighted by Crippen LogP contribution is -2.80. The van der Waals surface area contributed by atoms with E-state index in [2.05, 4.69) is 0 Å². The third-order valence-electron chi connectivity index (χ3n) is 6.89. The highest BCUT2D eigenvalue weighted by atomic mass is 16.8. The van der Waals surface area contributed by atoms with Crippen molar-refractivity contribution in [2.45, 2.75) is 60.4 Å². The first-order valence-electron chi connectivity index (χ1n) is 9.39. The van der Waals surface area contributed by atoms with Crippen LogP contribution in [0.5, 0.6) is 11.5 Å². The molecule has 0 bridgehead atoms. The Balaban J connectivity index is 1.60. The number of hydrogen-bond donors (Lipinski definition) is 5. The summed E-state index contributed by atoms with van der Waals surface area (Å²) in [5, 5.41) is 55.4.